The van der Waals surface area contributed by atoms with Crippen LogP contribution in [0.3, 0.4) is 0 Å². The molecule has 1 rings (SSSR count). The molecule has 0 aliphatic carbocycles. The van der Waals surface area contributed by atoms with Crippen LogP contribution < -0.4 is 5.32 Å². The smallest absolute Gasteiger partial charge is 0.320 e. The van der Waals surface area contributed by atoms with Gasteiger partial charge in [0.2, 0.25) is 0 Å². The van der Waals surface area contributed by atoms with Gasteiger partial charge in [0.1, 0.15) is 0 Å². The number of piperazine rings is 1. The van der Waals surface area contributed by atoms with Gasteiger partial charge in [-0.25, -0.2) is 4.79 Å². The number of nitrogens with zero attached hydrogens (tertiary/aromatic N) is 2. The van der Waals surface area contributed by atoms with E-state index in [1.54, 1.807) is 0 Å². The highest BCUT2D eigenvalue weighted by Gasteiger charge is 2.19. The molecular formula is C9H22ClN3O. The van der Waals surface area contributed by atoms with E-state index in [9.17, 15) is 4.79 Å². The summed E-state index contributed by atoms with van der Waals surface area (Å²) < 4.78 is 0. The number of carbonyl (C=O) groups is 1. The number of carbonyl (C=O) groups excluding carboxylic acids is 1. The molecule has 1 aliphatic heterocycles. The molecule has 0 aromatic carbocycles. The van der Waals surface area contributed by atoms with Crippen LogP contribution in [0, 0.1) is 0 Å². The van der Waals surface area contributed by atoms with Gasteiger partial charge in [0, 0.05) is 40.7 Å². The molecule has 0 atom stereocenters. The monoisotopic (exact) mass is 223 g/mol. The fourth-order valence-electron chi connectivity index (χ4n) is 1.55. The van der Waals surface area contributed by atoms with Crippen LogP contribution in [0.4, 0.5) is 4.79 Å². The standard InChI is InChI=1S/C9H19N3O.ClH.H2/c1-3-11(4-2)9(13)12-7-5-10-6-8-12;;/h10H,3-8H2,1-2H3;2*1H. The summed E-state index contributed by atoms with van der Waals surface area (Å²) in [6.45, 7) is 9.18. The van der Waals surface area contributed by atoms with Crippen molar-refractivity contribution in [2.45, 2.75) is 13.8 Å². The summed E-state index contributed by atoms with van der Waals surface area (Å²) in [6, 6.07) is 0.187. The lowest BCUT2D eigenvalue weighted by molar-refractivity contribution is 0.151. The molecule has 1 N–H and O–H groups in total. The maximum absolute atomic E-state index is 11.8. The second kappa shape index (κ2) is 6.90. The van der Waals surface area contributed by atoms with Crippen LogP contribution >= 0.6 is 12.4 Å². The van der Waals surface area contributed by atoms with E-state index in [-0.39, 0.29) is 19.9 Å². The van der Waals surface area contributed by atoms with Crippen LogP contribution in [0.15, 0.2) is 0 Å². The van der Waals surface area contributed by atoms with E-state index in [1.165, 1.54) is 0 Å². The molecule has 1 saturated heterocycles. The van der Waals surface area contributed by atoms with Crippen LogP contribution in [0.2, 0.25) is 0 Å². The van der Waals surface area contributed by atoms with Gasteiger partial charge in [-0.15, -0.1) is 12.4 Å². The Kier molecular flexibility index (Phi) is 6.66. The van der Waals surface area contributed by atoms with E-state index in [0.717, 1.165) is 39.3 Å². The van der Waals surface area contributed by atoms with E-state index >= 15 is 0 Å². The minimum absolute atomic E-state index is 0. The Morgan fingerprint density at radius 1 is 1.36 bits per heavy atom. The number of hydrogen-bond acceptors (Lipinski definition) is 2. The zero-order chi connectivity index (χ0) is 9.68. The molecule has 86 valence electrons. The summed E-state index contributed by atoms with van der Waals surface area (Å²) in [7, 11) is 0. The highest BCUT2D eigenvalue weighted by atomic mass is 35.5. The third-order valence-corrected chi connectivity index (χ3v) is 2.42. The molecule has 2 amide bonds. The highest BCUT2D eigenvalue weighted by Crippen LogP contribution is 2.00. The summed E-state index contributed by atoms with van der Waals surface area (Å²) in [5.74, 6) is 0. The number of nitrogens with one attached hydrogen (secondary N) is 1. The predicted octanol–water partition coefficient (Wildman–Crippen LogP) is 1.02. The third kappa shape index (κ3) is 3.35. The predicted molar refractivity (Wildman–Crippen MR) is 62.1 cm³/mol. The first-order chi connectivity index (χ1) is 6.29. The number of amides is 2. The van der Waals surface area contributed by atoms with Crippen LogP contribution in [-0.4, -0.2) is 55.1 Å². The van der Waals surface area contributed by atoms with E-state index in [2.05, 4.69) is 5.32 Å². The van der Waals surface area contributed by atoms with Gasteiger partial charge >= 0.3 is 6.03 Å². The molecule has 1 aliphatic rings. The van der Waals surface area contributed by atoms with Crippen molar-refractivity contribution in [3.8, 4) is 0 Å². The van der Waals surface area contributed by atoms with Gasteiger partial charge in [0.25, 0.3) is 0 Å². The normalized spacial score (nSPS) is 16.0. The molecular weight excluding hydrogens is 202 g/mol. The van der Waals surface area contributed by atoms with Gasteiger partial charge in [0.15, 0.2) is 0 Å². The molecule has 0 aromatic heterocycles. The van der Waals surface area contributed by atoms with Crippen LogP contribution in [0.1, 0.15) is 15.3 Å². The maximum atomic E-state index is 11.8. The Labute approximate surface area is 93.5 Å². The van der Waals surface area contributed by atoms with E-state index in [0.29, 0.717) is 0 Å². The van der Waals surface area contributed by atoms with Crippen molar-refractivity contribution in [2.24, 2.45) is 0 Å². The average molecular weight is 224 g/mol. The minimum atomic E-state index is 0. The molecule has 14 heavy (non-hydrogen) atoms. The molecule has 0 saturated carbocycles. The molecule has 0 bridgehead atoms. The molecule has 4 nitrogen and oxygen atoms in total. The summed E-state index contributed by atoms with van der Waals surface area (Å²) in [5.41, 5.74) is 0. The Morgan fingerprint density at radius 3 is 2.29 bits per heavy atom. The van der Waals surface area contributed by atoms with E-state index < -0.39 is 0 Å². The van der Waals surface area contributed by atoms with Gasteiger partial charge in [-0.05, 0) is 13.8 Å². The first-order valence-corrected chi connectivity index (χ1v) is 5.04. The molecule has 1 heterocycles. The lowest BCUT2D eigenvalue weighted by Crippen LogP contribution is -2.51. The lowest BCUT2D eigenvalue weighted by Gasteiger charge is -2.32. The molecule has 5 heteroatoms. The van der Waals surface area contributed by atoms with E-state index in [1.807, 2.05) is 23.6 Å². The summed E-state index contributed by atoms with van der Waals surface area (Å²) in [6.07, 6.45) is 0. The van der Waals surface area contributed by atoms with Gasteiger partial charge in [-0.3, -0.25) is 0 Å². The fraction of sp³-hybridized carbons (Fsp3) is 0.889. The van der Waals surface area contributed by atoms with Gasteiger partial charge in [-0.1, -0.05) is 0 Å². The summed E-state index contributed by atoms with van der Waals surface area (Å²) in [5, 5.41) is 3.23. The van der Waals surface area contributed by atoms with Crippen LogP contribution in [0.25, 0.3) is 0 Å². The molecule has 0 spiro atoms. The van der Waals surface area contributed by atoms with Gasteiger partial charge in [-0.2, -0.15) is 0 Å². The Bertz CT molecular complexity index is 173. The number of urea groups is 1. The van der Waals surface area contributed by atoms with Crippen molar-refractivity contribution in [1.82, 2.24) is 15.1 Å². The fourth-order valence-corrected chi connectivity index (χ4v) is 1.55. The van der Waals surface area contributed by atoms with Gasteiger partial charge in [0.05, 0.1) is 0 Å². The second-order valence-corrected chi connectivity index (χ2v) is 3.19. The van der Waals surface area contributed by atoms with Crippen LogP contribution in [-0.2, 0) is 0 Å². The summed E-state index contributed by atoms with van der Waals surface area (Å²) >= 11 is 0. The number of rotatable bonds is 2. The highest BCUT2D eigenvalue weighted by molar-refractivity contribution is 5.85. The minimum Gasteiger partial charge on any atom is -0.325 e. The number of hydrogen-bond donors (Lipinski definition) is 1. The molecule has 1 fully saturated rings. The summed E-state index contributed by atoms with van der Waals surface area (Å²) in [4.78, 5) is 15.6. The third-order valence-electron chi connectivity index (χ3n) is 2.42. The first-order valence-electron chi connectivity index (χ1n) is 5.04. The van der Waals surface area contributed by atoms with Gasteiger partial charge < -0.3 is 15.1 Å². The quantitative estimate of drug-likeness (QED) is 0.759. The molecule has 0 aromatic rings. The Morgan fingerprint density at radius 2 is 1.86 bits per heavy atom. The average Bonchev–Trinajstić information content (AvgIpc) is 2.21. The van der Waals surface area contributed by atoms with Crippen molar-refractivity contribution in [1.29, 1.82) is 0 Å². The van der Waals surface area contributed by atoms with E-state index in [4.69, 9.17) is 0 Å². The lowest BCUT2D eigenvalue weighted by atomic mass is 10.4. The largest absolute Gasteiger partial charge is 0.325 e. The van der Waals surface area contributed by atoms with Crippen LogP contribution in [0.5, 0.6) is 0 Å². The SMILES string of the molecule is CCN(CC)C(=O)N1CCNCC1.Cl.[HH]. The second-order valence-electron chi connectivity index (χ2n) is 3.19. The van der Waals surface area contributed by atoms with Crippen molar-refractivity contribution >= 4 is 18.4 Å². The van der Waals surface area contributed by atoms with Crippen molar-refractivity contribution < 1.29 is 6.22 Å². The van der Waals surface area contributed by atoms with Crippen molar-refractivity contribution in [3.05, 3.63) is 0 Å². The number of halogens is 1. The Hall–Kier alpha value is -0.480. The van der Waals surface area contributed by atoms with Crippen molar-refractivity contribution in [3.63, 3.8) is 0 Å². The topological polar surface area (TPSA) is 35.6 Å². The molecule has 0 unspecified atom stereocenters. The first kappa shape index (κ1) is 13.5. The van der Waals surface area contributed by atoms with Crippen molar-refractivity contribution in [2.75, 3.05) is 39.3 Å². The maximum Gasteiger partial charge on any atom is 0.320 e. The Balaban J connectivity index is 0. The zero-order valence-corrected chi connectivity index (χ0v) is 9.77. The molecule has 0 radical (unpaired) electrons. The zero-order valence-electron chi connectivity index (χ0n) is 8.95.